The van der Waals surface area contributed by atoms with E-state index in [1.165, 1.54) is 0 Å². The highest BCUT2D eigenvalue weighted by Gasteiger charge is 2.41. The number of hydrogen-bond donors (Lipinski definition) is 1. The average molecular weight is 185 g/mol. The number of carboxylic acids is 1. The summed E-state index contributed by atoms with van der Waals surface area (Å²) in [6.45, 7) is 5.68. The number of carboxylic acid groups (broad SMARTS) is 1. The highest BCUT2D eigenvalue weighted by atomic mass is 16.7. The third-order valence-electron chi connectivity index (χ3n) is 2.01. The van der Waals surface area contributed by atoms with Crippen LogP contribution in [0.3, 0.4) is 0 Å². The van der Waals surface area contributed by atoms with E-state index in [1.54, 1.807) is 6.92 Å². The largest absolute Gasteiger partial charge is 0.478 e. The number of carbonyl (C=O) groups is 1. The van der Waals surface area contributed by atoms with Gasteiger partial charge in [-0.2, -0.15) is 0 Å². The first-order chi connectivity index (χ1) is 5.94. The lowest BCUT2D eigenvalue weighted by Crippen LogP contribution is -2.35. The number of aliphatic carboxylic acids is 1. The fourth-order valence-electron chi connectivity index (χ4n) is 1.31. The first kappa shape index (κ1) is 10.0. The molecule has 0 saturated carbocycles. The average Bonchev–Trinajstić information content (AvgIpc) is 2.32. The highest BCUT2D eigenvalue weighted by Crippen LogP contribution is 2.26. The molecule has 0 radical (unpaired) electrons. The Bertz CT molecular complexity index is 247. The second-order valence-electron chi connectivity index (χ2n) is 4.06. The molecule has 1 heterocycles. The maximum atomic E-state index is 10.8. The minimum atomic E-state index is -1.13. The molecule has 0 aromatic heterocycles. The lowest BCUT2D eigenvalue weighted by atomic mass is 9.95. The van der Waals surface area contributed by atoms with Crippen LogP contribution in [0.2, 0.25) is 0 Å². The van der Waals surface area contributed by atoms with Crippen LogP contribution < -0.4 is 0 Å². The summed E-state index contributed by atoms with van der Waals surface area (Å²) < 4.78 is 0. The lowest BCUT2D eigenvalue weighted by molar-refractivity contribution is -0.160. The van der Waals surface area contributed by atoms with Crippen LogP contribution in [0.4, 0.5) is 0 Å². The summed E-state index contributed by atoms with van der Waals surface area (Å²) in [5.74, 6) is -0.464. The van der Waals surface area contributed by atoms with Crippen LogP contribution in [-0.2, 0) is 9.63 Å². The molecule has 0 spiro atoms. The first-order valence-corrected chi connectivity index (χ1v) is 4.41. The summed E-state index contributed by atoms with van der Waals surface area (Å²) in [6.07, 6.45) is 1.21. The van der Waals surface area contributed by atoms with Crippen molar-refractivity contribution in [1.82, 2.24) is 0 Å². The second kappa shape index (κ2) is 3.36. The van der Waals surface area contributed by atoms with Crippen molar-refractivity contribution in [3.8, 4) is 0 Å². The van der Waals surface area contributed by atoms with E-state index in [4.69, 9.17) is 9.94 Å². The fraction of sp³-hybridized carbons (Fsp3) is 0.778. The maximum absolute atomic E-state index is 10.8. The molecule has 0 bridgehead atoms. The molecule has 4 nitrogen and oxygen atoms in total. The molecule has 1 N–H and O–H groups in total. The summed E-state index contributed by atoms with van der Waals surface area (Å²) in [6, 6.07) is 0. The Balaban J connectivity index is 2.55. The van der Waals surface area contributed by atoms with E-state index in [1.807, 2.05) is 0 Å². The standard InChI is InChI=1S/C9H15NO3/c1-6(2)4-7-5-9(3,8(11)12)13-10-7/h6H,4-5H2,1-3H3,(H,11,12). The van der Waals surface area contributed by atoms with Gasteiger partial charge in [-0.1, -0.05) is 19.0 Å². The van der Waals surface area contributed by atoms with Crippen molar-refractivity contribution < 1.29 is 14.7 Å². The third-order valence-corrected chi connectivity index (χ3v) is 2.01. The van der Waals surface area contributed by atoms with Gasteiger partial charge in [-0.05, 0) is 19.3 Å². The summed E-state index contributed by atoms with van der Waals surface area (Å²) in [7, 11) is 0. The molecule has 0 fully saturated rings. The minimum Gasteiger partial charge on any atom is -0.478 e. The minimum absolute atomic E-state index is 0.403. The van der Waals surface area contributed by atoms with Gasteiger partial charge in [0.25, 0.3) is 0 Å². The van der Waals surface area contributed by atoms with E-state index in [0.29, 0.717) is 12.3 Å². The Labute approximate surface area is 77.6 Å². The van der Waals surface area contributed by atoms with Crippen LogP contribution in [0.5, 0.6) is 0 Å². The molecule has 1 atom stereocenters. The van der Waals surface area contributed by atoms with E-state index in [9.17, 15) is 4.79 Å². The van der Waals surface area contributed by atoms with Gasteiger partial charge in [0.1, 0.15) is 0 Å². The predicted molar refractivity (Wildman–Crippen MR) is 48.6 cm³/mol. The molecule has 0 amide bonds. The molecule has 74 valence electrons. The molecular weight excluding hydrogens is 170 g/mol. The molecule has 0 saturated heterocycles. The summed E-state index contributed by atoms with van der Waals surface area (Å²) in [5.41, 5.74) is -0.288. The number of hydrogen-bond acceptors (Lipinski definition) is 3. The van der Waals surface area contributed by atoms with Crippen molar-refractivity contribution >= 4 is 11.7 Å². The van der Waals surface area contributed by atoms with Crippen LogP contribution in [0.1, 0.15) is 33.6 Å². The van der Waals surface area contributed by atoms with Crippen molar-refractivity contribution in [2.24, 2.45) is 11.1 Å². The van der Waals surface area contributed by atoms with Gasteiger partial charge in [-0.25, -0.2) is 4.79 Å². The second-order valence-corrected chi connectivity index (χ2v) is 4.06. The van der Waals surface area contributed by atoms with Crippen molar-refractivity contribution in [3.05, 3.63) is 0 Å². The maximum Gasteiger partial charge on any atom is 0.351 e. The zero-order chi connectivity index (χ0) is 10.1. The van der Waals surface area contributed by atoms with Gasteiger partial charge >= 0.3 is 5.97 Å². The molecule has 1 aliphatic heterocycles. The summed E-state index contributed by atoms with van der Waals surface area (Å²) in [5, 5.41) is 12.6. The van der Waals surface area contributed by atoms with E-state index in [-0.39, 0.29) is 0 Å². The Kier molecular flexibility index (Phi) is 2.59. The summed E-state index contributed by atoms with van der Waals surface area (Å²) >= 11 is 0. The molecule has 13 heavy (non-hydrogen) atoms. The Hall–Kier alpha value is -1.06. The molecule has 0 aromatic rings. The van der Waals surface area contributed by atoms with Gasteiger partial charge in [0.15, 0.2) is 0 Å². The van der Waals surface area contributed by atoms with Crippen LogP contribution >= 0.6 is 0 Å². The van der Waals surface area contributed by atoms with Crippen LogP contribution in [0.25, 0.3) is 0 Å². The molecule has 1 aliphatic rings. The van der Waals surface area contributed by atoms with Crippen molar-refractivity contribution in [1.29, 1.82) is 0 Å². The topological polar surface area (TPSA) is 58.9 Å². The Morgan fingerprint density at radius 3 is 2.77 bits per heavy atom. The predicted octanol–water partition coefficient (Wildman–Crippen LogP) is 1.65. The molecule has 0 aromatic carbocycles. The molecule has 1 rings (SSSR count). The van der Waals surface area contributed by atoms with Gasteiger partial charge in [0.2, 0.25) is 5.60 Å². The van der Waals surface area contributed by atoms with Gasteiger partial charge in [0, 0.05) is 6.42 Å². The van der Waals surface area contributed by atoms with E-state index >= 15 is 0 Å². The Morgan fingerprint density at radius 1 is 1.77 bits per heavy atom. The third kappa shape index (κ3) is 2.20. The fourth-order valence-corrected chi connectivity index (χ4v) is 1.31. The first-order valence-electron chi connectivity index (χ1n) is 4.41. The molecular formula is C9H15NO3. The van der Waals surface area contributed by atoms with E-state index < -0.39 is 11.6 Å². The molecule has 1 unspecified atom stereocenters. The molecule has 0 aliphatic carbocycles. The van der Waals surface area contributed by atoms with Crippen LogP contribution in [0, 0.1) is 5.92 Å². The van der Waals surface area contributed by atoms with Crippen molar-refractivity contribution in [3.63, 3.8) is 0 Å². The SMILES string of the molecule is CC(C)CC1=NOC(C)(C(=O)O)C1. The van der Waals surface area contributed by atoms with Gasteiger partial charge in [0.05, 0.1) is 5.71 Å². The normalized spacial score (nSPS) is 27.2. The highest BCUT2D eigenvalue weighted by molar-refractivity contribution is 5.92. The van der Waals surface area contributed by atoms with E-state index in [0.717, 1.165) is 12.1 Å². The quantitative estimate of drug-likeness (QED) is 0.727. The molecule has 4 heteroatoms. The summed E-state index contributed by atoms with van der Waals surface area (Å²) in [4.78, 5) is 15.7. The van der Waals surface area contributed by atoms with Gasteiger partial charge < -0.3 is 9.94 Å². The van der Waals surface area contributed by atoms with Crippen LogP contribution in [-0.4, -0.2) is 22.4 Å². The smallest absolute Gasteiger partial charge is 0.351 e. The number of oxime groups is 1. The van der Waals surface area contributed by atoms with Crippen LogP contribution in [0.15, 0.2) is 5.16 Å². The van der Waals surface area contributed by atoms with Gasteiger partial charge in [-0.15, -0.1) is 0 Å². The number of rotatable bonds is 3. The zero-order valence-electron chi connectivity index (χ0n) is 8.20. The Morgan fingerprint density at radius 2 is 2.38 bits per heavy atom. The zero-order valence-corrected chi connectivity index (χ0v) is 8.20. The monoisotopic (exact) mass is 185 g/mol. The lowest BCUT2D eigenvalue weighted by Gasteiger charge is -2.14. The van der Waals surface area contributed by atoms with Crippen molar-refractivity contribution in [2.45, 2.75) is 39.2 Å². The number of nitrogens with zero attached hydrogens (tertiary/aromatic N) is 1. The van der Waals surface area contributed by atoms with E-state index in [2.05, 4.69) is 19.0 Å². The van der Waals surface area contributed by atoms with Gasteiger partial charge in [-0.3, -0.25) is 0 Å². The van der Waals surface area contributed by atoms with Crippen molar-refractivity contribution in [2.75, 3.05) is 0 Å².